The Kier molecular flexibility index (Phi) is 12.4. The Morgan fingerprint density at radius 1 is 0.867 bits per heavy atom. The number of hydrogen-bond acceptors (Lipinski definition) is 2. The Balaban J connectivity index is 1.70. The van der Waals surface area contributed by atoms with Gasteiger partial charge < -0.3 is 0 Å². The van der Waals surface area contributed by atoms with E-state index in [-0.39, 0.29) is 11.7 Å². The zero-order valence-electron chi connectivity index (χ0n) is 18.9. The highest BCUT2D eigenvalue weighted by molar-refractivity contribution is 7.12. The lowest BCUT2D eigenvalue weighted by atomic mass is 9.88. The SMILES string of the molecule is C=Cc1ccc(C(CCCCCCCCCCCCCC)C(=O)c2cccs2)cc1. The third-order valence-electron chi connectivity index (χ3n) is 6.00. The van der Waals surface area contributed by atoms with Crippen molar-refractivity contribution >= 4 is 23.2 Å². The summed E-state index contributed by atoms with van der Waals surface area (Å²) in [5.74, 6) is 0.255. The van der Waals surface area contributed by atoms with E-state index in [0.29, 0.717) is 0 Å². The van der Waals surface area contributed by atoms with Gasteiger partial charge in [0.15, 0.2) is 5.78 Å². The molecule has 1 heterocycles. The van der Waals surface area contributed by atoms with E-state index in [4.69, 9.17) is 0 Å². The van der Waals surface area contributed by atoms with Gasteiger partial charge in [0.1, 0.15) is 0 Å². The zero-order valence-corrected chi connectivity index (χ0v) is 19.7. The molecule has 0 saturated carbocycles. The molecule has 1 atom stereocenters. The van der Waals surface area contributed by atoms with Crippen LogP contribution < -0.4 is 0 Å². The minimum atomic E-state index is -0.0226. The Hall–Kier alpha value is -1.67. The van der Waals surface area contributed by atoms with E-state index in [1.807, 2.05) is 23.6 Å². The van der Waals surface area contributed by atoms with Crippen molar-refractivity contribution in [2.24, 2.45) is 0 Å². The Morgan fingerprint density at radius 3 is 1.93 bits per heavy atom. The fraction of sp³-hybridized carbons (Fsp3) is 0.536. The summed E-state index contributed by atoms with van der Waals surface area (Å²) in [6.07, 6.45) is 18.9. The summed E-state index contributed by atoms with van der Waals surface area (Å²) in [4.78, 5) is 14.0. The lowest BCUT2D eigenvalue weighted by Gasteiger charge is -2.16. The highest BCUT2D eigenvalue weighted by Gasteiger charge is 2.22. The summed E-state index contributed by atoms with van der Waals surface area (Å²) >= 11 is 1.56. The molecule has 0 aliphatic carbocycles. The van der Waals surface area contributed by atoms with Gasteiger partial charge in [0.05, 0.1) is 4.88 Å². The number of carbonyl (C=O) groups is 1. The maximum atomic E-state index is 13.1. The average Bonchev–Trinajstić information content (AvgIpc) is 3.32. The van der Waals surface area contributed by atoms with Gasteiger partial charge in [-0.25, -0.2) is 0 Å². The van der Waals surface area contributed by atoms with E-state index in [2.05, 4.69) is 37.8 Å². The number of ketones is 1. The van der Waals surface area contributed by atoms with Crippen molar-refractivity contribution in [2.75, 3.05) is 0 Å². The lowest BCUT2D eigenvalue weighted by molar-refractivity contribution is 0.0957. The van der Waals surface area contributed by atoms with Crippen LogP contribution in [0.1, 0.15) is 117 Å². The molecule has 0 amide bonds. The van der Waals surface area contributed by atoms with E-state index < -0.39 is 0 Å². The molecule has 1 aromatic carbocycles. The third-order valence-corrected chi connectivity index (χ3v) is 6.89. The summed E-state index contributed by atoms with van der Waals surface area (Å²) in [5, 5.41) is 1.99. The van der Waals surface area contributed by atoms with E-state index in [9.17, 15) is 4.79 Å². The van der Waals surface area contributed by atoms with Gasteiger partial charge >= 0.3 is 0 Å². The first-order valence-corrected chi connectivity index (χ1v) is 12.9. The van der Waals surface area contributed by atoms with Gasteiger partial charge in [0.2, 0.25) is 0 Å². The normalized spacial score (nSPS) is 12.0. The van der Waals surface area contributed by atoms with E-state index in [1.165, 1.54) is 70.6 Å². The number of carbonyl (C=O) groups excluding carboxylic acids is 1. The number of hydrogen-bond donors (Lipinski definition) is 0. The van der Waals surface area contributed by atoms with Crippen LogP contribution >= 0.6 is 11.3 Å². The fourth-order valence-corrected chi connectivity index (χ4v) is 4.81. The smallest absolute Gasteiger partial charge is 0.180 e. The van der Waals surface area contributed by atoms with Gasteiger partial charge in [-0.2, -0.15) is 0 Å². The van der Waals surface area contributed by atoms with Gasteiger partial charge in [-0.3, -0.25) is 4.79 Å². The number of benzene rings is 1. The van der Waals surface area contributed by atoms with Gasteiger partial charge in [0, 0.05) is 5.92 Å². The summed E-state index contributed by atoms with van der Waals surface area (Å²) in [6.45, 7) is 6.11. The number of Topliss-reactive ketones (excluding diaryl/α,β-unsaturated/α-hetero) is 1. The predicted molar refractivity (Wildman–Crippen MR) is 134 cm³/mol. The molecule has 0 saturated heterocycles. The fourth-order valence-electron chi connectivity index (χ4n) is 4.09. The zero-order chi connectivity index (χ0) is 21.4. The second-order valence-electron chi connectivity index (χ2n) is 8.44. The molecule has 0 radical (unpaired) electrons. The van der Waals surface area contributed by atoms with Crippen LogP contribution in [0.15, 0.2) is 48.4 Å². The first-order valence-electron chi connectivity index (χ1n) is 12.1. The molecule has 0 spiro atoms. The molecule has 30 heavy (non-hydrogen) atoms. The van der Waals surface area contributed by atoms with Gasteiger partial charge in [-0.05, 0) is 29.0 Å². The number of thiophene rings is 1. The quantitative estimate of drug-likeness (QED) is 0.182. The minimum Gasteiger partial charge on any atom is -0.293 e. The van der Waals surface area contributed by atoms with Crippen molar-refractivity contribution in [3.05, 3.63) is 64.4 Å². The summed E-state index contributed by atoms with van der Waals surface area (Å²) in [7, 11) is 0. The number of rotatable bonds is 17. The van der Waals surface area contributed by atoms with Gasteiger partial charge in [0.25, 0.3) is 0 Å². The molecular weight excluding hydrogens is 384 g/mol. The van der Waals surface area contributed by atoms with Crippen LogP contribution in [0, 0.1) is 0 Å². The first-order chi connectivity index (χ1) is 14.8. The van der Waals surface area contributed by atoms with Crippen molar-refractivity contribution < 1.29 is 4.79 Å². The maximum Gasteiger partial charge on any atom is 0.180 e. The molecule has 0 N–H and O–H groups in total. The molecule has 1 unspecified atom stereocenters. The topological polar surface area (TPSA) is 17.1 Å². The second kappa shape index (κ2) is 15.2. The summed E-state index contributed by atoms with van der Waals surface area (Å²) < 4.78 is 0. The molecule has 0 bridgehead atoms. The van der Waals surface area contributed by atoms with Crippen LogP contribution in [0.2, 0.25) is 0 Å². The van der Waals surface area contributed by atoms with Crippen LogP contribution in [0.4, 0.5) is 0 Å². The average molecular weight is 425 g/mol. The summed E-state index contributed by atoms with van der Waals surface area (Å²) in [5.41, 5.74) is 2.24. The molecule has 0 aliphatic heterocycles. The van der Waals surface area contributed by atoms with E-state index in [0.717, 1.165) is 28.8 Å². The maximum absolute atomic E-state index is 13.1. The Bertz CT molecular complexity index is 699. The van der Waals surface area contributed by atoms with Crippen molar-refractivity contribution in [3.63, 3.8) is 0 Å². The lowest BCUT2D eigenvalue weighted by Crippen LogP contribution is -2.12. The predicted octanol–water partition coefficient (Wildman–Crippen LogP) is 9.45. The highest BCUT2D eigenvalue weighted by Crippen LogP contribution is 2.29. The molecule has 2 rings (SSSR count). The monoisotopic (exact) mass is 424 g/mol. The first kappa shape index (κ1) is 24.6. The van der Waals surface area contributed by atoms with Gasteiger partial charge in [-0.1, -0.05) is 127 Å². The van der Waals surface area contributed by atoms with Crippen LogP contribution in [-0.4, -0.2) is 5.78 Å². The molecular formula is C28H40OS. The molecule has 1 aromatic heterocycles. The van der Waals surface area contributed by atoms with Crippen LogP contribution in [-0.2, 0) is 0 Å². The van der Waals surface area contributed by atoms with Crippen molar-refractivity contribution in [3.8, 4) is 0 Å². The molecule has 1 nitrogen and oxygen atoms in total. The molecule has 164 valence electrons. The standard InChI is InChI=1S/C28H40OS/c1-3-5-6-7-8-9-10-11-12-13-14-15-17-26(28(29)27-18-16-23-30-27)25-21-19-24(4-2)20-22-25/h4,16,18-23,26H,2-3,5-15,17H2,1H3. The minimum absolute atomic E-state index is 0.0226. The van der Waals surface area contributed by atoms with E-state index >= 15 is 0 Å². The highest BCUT2D eigenvalue weighted by atomic mass is 32.1. The van der Waals surface area contributed by atoms with Gasteiger partial charge in [-0.15, -0.1) is 11.3 Å². The second-order valence-corrected chi connectivity index (χ2v) is 9.39. The third kappa shape index (κ3) is 9.00. The van der Waals surface area contributed by atoms with Crippen LogP contribution in [0.3, 0.4) is 0 Å². The Labute approximate surface area is 188 Å². The molecule has 0 fully saturated rings. The van der Waals surface area contributed by atoms with Crippen molar-refractivity contribution in [1.29, 1.82) is 0 Å². The number of unbranched alkanes of at least 4 members (excludes halogenated alkanes) is 11. The van der Waals surface area contributed by atoms with Crippen LogP contribution in [0.5, 0.6) is 0 Å². The summed E-state index contributed by atoms with van der Waals surface area (Å²) in [6, 6.07) is 12.3. The van der Waals surface area contributed by atoms with Crippen molar-refractivity contribution in [2.45, 2.75) is 96.3 Å². The van der Waals surface area contributed by atoms with Crippen LogP contribution in [0.25, 0.3) is 6.08 Å². The van der Waals surface area contributed by atoms with Crippen molar-refractivity contribution in [1.82, 2.24) is 0 Å². The molecule has 0 aliphatic rings. The molecule has 2 heteroatoms. The largest absolute Gasteiger partial charge is 0.293 e. The van der Waals surface area contributed by atoms with E-state index in [1.54, 1.807) is 11.3 Å². The Morgan fingerprint density at radius 2 is 1.43 bits per heavy atom. The molecule has 2 aromatic rings.